The van der Waals surface area contributed by atoms with Crippen LogP contribution in [0.3, 0.4) is 0 Å². The smallest absolute Gasteiger partial charge is 0.282 e. The summed E-state index contributed by atoms with van der Waals surface area (Å²) in [6.45, 7) is 2.17. The minimum Gasteiger partial charge on any atom is -0.390 e. The lowest BCUT2D eigenvalue weighted by Crippen LogP contribution is -2.35. The lowest BCUT2D eigenvalue weighted by molar-refractivity contribution is -0.116. The van der Waals surface area contributed by atoms with Gasteiger partial charge < -0.3 is 10.4 Å². The van der Waals surface area contributed by atoms with E-state index >= 15 is 0 Å². The Hall–Kier alpha value is -1.12. The van der Waals surface area contributed by atoms with E-state index in [1.54, 1.807) is 5.38 Å². The molecule has 0 fully saturated rings. The van der Waals surface area contributed by atoms with E-state index in [2.05, 4.69) is 10.3 Å². The SMILES string of the molecule is CCN(C(C)=O)c1nc(CNCC(F)(F)CO)cs1. The van der Waals surface area contributed by atoms with Crippen LogP contribution in [0.2, 0.25) is 0 Å². The van der Waals surface area contributed by atoms with Gasteiger partial charge in [0.2, 0.25) is 5.91 Å². The van der Waals surface area contributed by atoms with E-state index in [4.69, 9.17) is 5.11 Å². The highest BCUT2D eigenvalue weighted by atomic mass is 32.1. The Morgan fingerprint density at radius 1 is 1.63 bits per heavy atom. The van der Waals surface area contributed by atoms with E-state index in [0.717, 1.165) is 0 Å². The predicted molar refractivity (Wildman–Crippen MR) is 69.6 cm³/mol. The van der Waals surface area contributed by atoms with E-state index in [1.165, 1.54) is 23.2 Å². The first-order valence-corrected chi connectivity index (χ1v) is 6.69. The Morgan fingerprint density at radius 3 is 2.84 bits per heavy atom. The first-order valence-electron chi connectivity index (χ1n) is 5.81. The maximum Gasteiger partial charge on any atom is 0.282 e. The molecule has 2 N–H and O–H groups in total. The molecule has 19 heavy (non-hydrogen) atoms. The van der Waals surface area contributed by atoms with Gasteiger partial charge in [0.05, 0.1) is 12.2 Å². The minimum atomic E-state index is -3.13. The molecule has 1 aromatic heterocycles. The molecule has 0 atom stereocenters. The molecule has 108 valence electrons. The first-order chi connectivity index (χ1) is 8.89. The van der Waals surface area contributed by atoms with Gasteiger partial charge in [-0.3, -0.25) is 9.69 Å². The molecule has 0 aliphatic carbocycles. The van der Waals surface area contributed by atoms with Crippen LogP contribution < -0.4 is 10.2 Å². The van der Waals surface area contributed by atoms with Gasteiger partial charge in [-0.15, -0.1) is 11.3 Å². The molecule has 0 spiro atoms. The average Bonchev–Trinajstić information content (AvgIpc) is 2.78. The standard InChI is InChI=1S/C11H17F2N3O2S/c1-3-16(8(2)18)10-15-9(5-19-10)4-14-6-11(12,13)7-17/h5,14,17H,3-4,6-7H2,1-2H3. The Morgan fingerprint density at radius 2 is 2.32 bits per heavy atom. The van der Waals surface area contributed by atoms with Crippen LogP contribution in [0, 0.1) is 0 Å². The number of hydrogen-bond donors (Lipinski definition) is 2. The average molecular weight is 293 g/mol. The van der Waals surface area contributed by atoms with Crippen molar-refractivity contribution in [2.24, 2.45) is 0 Å². The van der Waals surface area contributed by atoms with E-state index in [1.807, 2.05) is 6.92 Å². The number of carbonyl (C=O) groups is 1. The summed E-state index contributed by atoms with van der Waals surface area (Å²) in [5.41, 5.74) is 0.591. The van der Waals surface area contributed by atoms with Crippen molar-refractivity contribution in [1.29, 1.82) is 0 Å². The fraction of sp³-hybridized carbons (Fsp3) is 0.636. The van der Waals surface area contributed by atoms with Crippen molar-refractivity contribution in [3.05, 3.63) is 11.1 Å². The number of nitrogens with zero attached hydrogens (tertiary/aromatic N) is 2. The van der Waals surface area contributed by atoms with Crippen molar-refractivity contribution in [3.63, 3.8) is 0 Å². The minimum absolute atomic E-state index is 0.108. The number of nitrogens with one attached hydrogen (secondary N) is 1. The molecule has 0 bridgehead atoms. The van der Waals surface area contributed by atoms with Crippen LogP contribution in [0.4, 0.5) is 13.9 Å². The van der Waals surface area contributed by atoms with Crippen LogP contribution in [-0.2, 0) is 11.3 Å². The Labute approximate surface area is 114 Å². The van der Waals surface area contributed by atoms with E-state index in [-0.39, 0.29) is 12.5 Å². The molecule has 5 nitrogen and oxygen atoms in total. The maximum atomic E-state index is 12.8. The monoisotopic (exact) mass is 293 g/mol. The largest absolute Gasteiger partial charge is 0.390 e. The summed E-state index contributed by atoms with van der Waals surface area (Å²) < 4.78 is 25.5. The molecule has 0 aromatic carbocycles. The zero-order valence-corrected chi connectivity index (χ0v) is 11.6. The van der Waals surface area contributed by atoms with Gasteiger partial charge in [-0.2, -0.15) is 0 Å². The number of amides is 1. The highest BCUT2D eigenvalue weighted by molar-refractivity contribution is 7.14. The molecular formula is C11H17F2N3O2S. The second kappa shape index (κ2) is 6.88. The van der Waals surface area contributed by atoms with Gasteiger partial charge in [-0.25, -0.2) is 13.8 Å². The molecule has 0 radical (unpaired) electrons. The predicted octanol–water partition coefficient (Wildman–Crippen LogP) is 1.23. The molecule has 0 aliphatic heterocycles. The van der Waals surface area contributed by atoms with Gasteiger partial charge in [0, 0.05) is 25.4 Å². The molecule has 1 aromatic rings. The van der Waals surface area contributed by atoms with Gasteiger partial charge in [0.1, 0.15) is 6.61 Å². The summed E-state index contributed by atoms with van der Waals surface area (Å²) in [5, 5.41) is 13.2. The quantitative estimate of drug-likeness (QED) is 0.793. The number of thiazole rings is 1. The summed E-state index contributed by atoms with van der Waals surface area (Å²) in [4.78, 5) is 17.0. The lowest BCUT2D eigenvalue weighted by atomic mass is 10.3. The topological polar surface area (TPSA) is 65.5 Å². The van der Waals surface area contributed by atoms with Gasteiger partial charge in [0.25, 0.3) is 5.92 Å². The molecule has 0 unspecified atom stereocenters. The van der Waals surface area contributed by atoms with Crippen LogP contribution in [0.25, 0.3) is 0 Å². The Kier molecular flexibility index (Phi) is 5.77. The maximum absolute atomic E-state index is 12.8. The van der Waals surface area contributed by atoms with Crippen molar-refractivity contribution < 1.29 is 18.7 Å². The Bertz CT molecular complexity index is 426. The van der Waals surface area contributed by atoms with Crippen molar-refractivity contribution in [3.8, 4) is 0 Å². The molecule has 0 aliphatic rings. The van der Waals surface area contributed by atoms with Gasteiger partial charge >= 0.3 is 0 Å². The highest BCUT2D eigenvalue weighted by Crippen LogP contribution is 2.20. The zero-order valence-electron chi connectivity index (χ0n) is 10.8. The number of rotatable bonds is 7. The summed E-state index contributed by atoms with van der Waals surface area (Å²) in [6, 6.07) is 0. The molecule has 0 saturated heterocycles. The second-order valence-electron chi connectivity index (χ2n) is 4.00. The molecule has 0 saturated carbocycles. The van der Waals surface area contributed by atoms with Crippen molar-refractivity contribution in [2.45, 2.75) is 26.3 Å². The van der Waals surface area contributed by atoms with E-state index < -0.39 is 19.1 Å². The summed E-state index contributed by atoms with van der Waals surface area (Å²) in [6.07, 6.45) is 0. The summed E-state index contributed by atoms with van der Waals surface area (Å²) in [7, 11) is 0. The fourth-order valence-electron chi connectivity index (χ4n) is 1.42. The van der Waals surface area contributed by atoms with Crippen LogP contribution in [0.15, 0.2) is 5.38 Å². The molecule has 1 rings (SSSR count). The number of carbonyl (C=O) groups excluding carboxylic acids is 1. The van der Waals surface area contributed by atoms with Crippen molar-refractivity contribution in [2.75, 3.05) is 24.6 Å². The number of aromatic nitrogens is 1. The van der Waals surface area contributed by atoms with Crippen molar-refractivity contribution in [1.82, 2.24) is 10.3 Å². The van der Waals surface area contributed by atoms with Crippen molar-refractivity contribution >= 4 is 22.4 Å². The number of anilines is 1. The highest BCUT2D eigenvalue weighted by Gasteiger charge is 2.26. The van der Waals surface area contributed by atoms with Crippen LogP contribution in [0.1, 0.15) is 19.5 Å². The molecule has 1 amide bonds. The number of halogens is 2. The van der Waals surface area contributed by atoms with E-state index in [0.29, 0.717) is 17.4 Å². The van der Waals surface area contributed by atoms with Crippen LogP contribution >= 0.6 is 11.3 Å². The molecule has 8 heteroatoms. The van der Waals surface area contributed by atoms with Gasteiger partial charge in [-0.05, 0) is 6.92 Å². The second-order valence-corrected chi connectivity index (χ2v) is 4.84. The number of alkyl halides is 2. The third kappa shape index (κ3) is 4.81. The third-order valence-corrected chi connectivity index (χ3v) is 3.30. The first kappa shape index (κ1) is 15.9. The van der Waals surface area contributed by atoms with Gasteiger partial charge in [0.15, 0.2) is 5.13 Å². The van der Waals surface area contributed by atoms with Crippen LogP contribution in [0.5, 0.6) is 0 Å². The zero-order chi connectivity index (χ0) is 14.5. The lowest BCUT2D eigenvalue weighted by Gasteiger charge is -2.15. The number of aliphatic hydroxyl groups excluding tert-OH is 1. The summed E-state index contributed by atoms with van der Waals surface area (Å²) >= 11 is 1.29. The van der Waals surface area contributed by atoms with Crippen LogP contribution in [-0.4, -0.2) is 41.6 Å². The number of hydrogen-bond acceptors (Lipinski definition) is 5. The van der Waals surface area contributed by atoms with Gasteiger partial charge in [-0.1, -0.05) is 0 Å². The Balaban J connectivity index is 2.54. The van der Waals surface area contributed by atoms with E-state index in [9.17, 15) is 13.6 Å². The fourth-order valence-corrected chi connectivity index (χ4v) is 2.36. The summed E-state index contributed by atoms with van der Waals surface area (Å²) in [5.74, 6) is -3.24. The molecule has 1 heterocycles. The third-order valence-electron chi connectivity index (χ3n) is 2.39. The number of aliphatic hydroxyl groups is 1. The molecular weight excluding hydrogens is 276 g/mol. The normalized spacial score (nSPS) is 11.6.